The minimum Gasteiger partial charge on any atom is -0.384 e. The van der Waals surface area contributed by atoms with Gasteiger partial charge in [-0.3, -0.25) is 0 Å². The molecule has 2 rings (SSSR count). The Morgan fingerprint density at radius 3 is 2.38 bits per heavy atom. The summed E-state index contributed by atoms with van der Waals surface area (Å²) < 4.78 is 0. The standard InChI is InChI=1S/C23H34N4O.HI/c1-5-24-22(26-18-23(3,28)21-13-8-7-9-14-21)25-16-19-11-10-12-20(15-19)17-27(4)6-2;/h7-15,28H,5-6,16-18H2,1-4H3,(H2,24,25,26);1H. The molecule has 29 heavy (non-hydrogen) atoms. The smallest absolute Gasteiger partial charge is 0.191 e. The molecule has 0 aliphatic rings. The van der Waals surface area contributed by atoms with Crippen LogP contribution in [0.15, 0.2) is 59.6 Å². The van der Waals surface area contributed by atoms with Gasteiger partial charge < -0.3 is 20.6 Å². The molecule has 0 amide bonds. The lowest BCUT2D eigenvalue weighted by molar-refractivity contribution is 0.0617. The van der Waals surface area contributed by atoms with E-state index in [1.165, 1.54) is 11.1 Å². The molecule has 2 aromatic carbocycles. The van der Waals surface area contributed by atoms with Crippen LogP contribution in [-0.2, 0) is 18.7 Å². The summed E-state index contributed by atoms with van der Waals surface area (Å²) in [5, 5.41) is 17.3. The van der Waals surface area contributed by atoms with Crippen LogP contribution in [-0.4, -0.2) is 42.6 Å². The highest BCUT2D eigenvalue weighted by Gasteiger charge is 2.22. The largest absolute Gasteiger partial charge is 0.384 e. The fourth-order valence-corrected chi connectivity index (χ4v) is 2.92. The molecule has 0 heterocycles. The van der Waals surface area contributed by atoms with Gasteiger partial charge in [-0.25, -0.2) is 4.99 Å². The van der Waals surface area contributed by atoms with Crippen molar-refractivity contribution >= 4 is 29.9 Å². The van der Waals surface area contributed by atoms with Crippen LogP contribution in [0.2, 0.25) is 0 Å². The summed E-state index contributed by atoms with van der Waals surface area (Å²) >= 11 is 0. The zero-order chi connectivity index (χ0) is 20.4. The minimum absolute atomic E-state index is 0. The van der Waals surface area contributed by atoms with E-state index in [-0.39, 0.29) is 24.0 Å². The van der Waals surface area contributed by atoms with Crippen LogP contribution in [0.3, 0.4) is 0 Å². The van der Waals surface area contributed by atoms with E-state index < -0.39 is 5.60 Å². The lowest BCUT2D eigenvalue weighted by atomic mass is 9.96. The molecule has 5 nitrogen and oxygen atoms in total. The Hall–Kier alpha value is -1.64. The summed E-state index contributed by atoms with van der Waals surface area (Å²) in [4.78, 5) is 6.97. The lowest BCUT2D eigenvalue weighted by Gasteiger charge is -2.25. The predicted molar refractivity (Wildman–Crippen MR) is 133 cm³/mol. The second-order valence-electron chi connectivity index (χ2n) is 7.34. The van der Waals surface area contributed by atoms with Crippen molar-refractivity contribution in [1.82, 2.24) is 15.5 Å². The highest BCUT2D eigenvalue weighted by molar-refractivity contribution is 14.0. The highest BCUT2D eigenvalue weighted by atomic mass is 127. The molecule has 0 aliphatic heterocycles. The lowest BCUT2D eigenvalue weighted by Crippen LogP contribution is -2.44. The zero-order valence-corrected chi connectivity index (χ0v) is 20.3. The summed E-state index contributed by atoms with van der Waals surface area (Å²) in [7, 11) is 2.12. The Morgan fingerprint density at radius 1 is 1.03 bits per heavy atom. The van der Waals surface area contributed by atoms with Gasteiger partial charge in [-0.15, -0.1) is 24.0 Å². The maximum Gasteiger partial charge on any atom is 0.191 e. The maximum absolute atomic E-state index is 10.8. The van der Waals surface area contributed by atoms with Crippen LogP contribution in [0.1, 0.15) is 37.5 Å². The van der Waals surface area contributed by atoms with Crippen LogP contribution in [0.4, 0.5) is 0 Å². The molecule has 0 aromatic heterocycles. The number of hydrogen-bond donors (Lipinski definition) is 3. The van der Waals surface area contributed by atoms with Crippen molar-refractivity contribution in [2.24, 2.45) is 4.99 Å². The van der Waals surface area contributed by atoms with Crippen LogP contribution < -0.4 is 10.6 Å². The SMILES string of the molecule is CCNC(=NCc1cccc(CN(C)CC)c1)NCC(C)(O)c1ccccc1.I. The van der Waals surface area contributed by atoms with Gasteiger partial charge in [0.25, 0.3) is 0 Å². The number of benzene rings is 2. The van der Waals surface area contributed by atoms with Gasteiger partial charge >= 0.3 is 0 Å². The highest BCUT2D eigenvalue weighted by Crippen LogP contribution is 2.18. The maximum atomic E-state index is 10.8. The van der Waals surface area contributed by atoms with Crippen molar-refractivity contribution in [3.8, 4) is 0 Å². The van der Waals surface area contributed by atoms with Crippen LogP contribution in [0.25, 0.3) is 0 Å². The summed E-state index contributed by atoms with van der Waals surface area (Å²) in [6.45, 7) is 9.70. The molecular weight excluding hydrogens is 475 g/mol. The Morgan fingerprint density at radius 2 is 1.72 bits per heavy atom. The van der Waals surface area contributed by atoms with Crippen molar-refractivity contribution < 1.29 is 5.11 Å². The van der Waals surface area contributed by atoms with Crippen molar-refractivity contribution in [2.75, 3.05) is 26.7 Å². The molecular formula is C23H35IN4O. The van der Waals surface area contributed by atoms with Gasteiger partial charge in [0.05, 0.1) is 13.1 Å². The third-order valence-corrected chi connectivity index (χ3v) is 4.74. The topological polar surface area (TPSA) is 59.9 Å². The minimum atomic E-state index is -0.970. The van der Waals surface area contributed by atoms with Gasteiger partial charge in [0.1, 0.15) is 5.60 Å². The number of rotatable bonds is 9. The second kappa shape index (κ2) is 12.8. The molecule has 6 heteroatoms. The first-order valence-electron chi connectivity index (χ1n) is 10.0. The third-order valence-electron chi connectivity index (χ3n) is 4.74. The molecule has 3 N–H and O–H groups in total. The molecule has 0 bridgehead atoms. The predicted octanol–water partition coefficient (Wildman–Crippen LogP) is 3.72. The summed E-state index contributed by atoms with van der Waals surface area (Å²) in [5.74, 6) is 0.704. The molecule has 1 atom stereocenters. The Bertz CT molecular complexity index is 750. The van der Waals surface area contributed by atoms with E-state index in [0.29, 0.717) is 19.0 Å². The first-order valence-corrected chi connectivity index (χ1v) is 10.0. The van der Waals surface area contributed by atoms with Crippen LogP contribution in [0, 0.1) is 0 Å². The first-order chi connectivity index (χ1) is 13.4. The average Bonchev–Trinajstić information content (AvgIpc) is 2.71. The summed E-state index contributed by atoms with van der Waals surface area (Å²) in [6, 6.07) is 18.2. The number of hydrogen-bond acceptors (Lipinski definition) is 3. The molecule has 0 fully saturated rings. The molecule has 2 aromatic rings. The molecule has 0 saturated carbocycles. The monoisotopic (exact) mass is 510 g/mol. The van der Waals surface area contributed by atoms with Crippen molar-refractivity contribution in [3.05, 3.63) is 71.3 Å². The van der Waals surface area contributed by atoms with E-state index in [1.54, 1.807) is 0 Å². The summed E-state index contributed by atoms with van der Waals surface area (Å²) in [6.07, 6.45) is 0. The van der Waals surface area contributed by atoms with Gasteiger partial charge in [-0.1, -0.05) is 61.5 Å². The number of aliphatic hydroxyl groups is 1. The fourth-order valence-electron chi connectivity index (χ4n) is 2.92. The summed E-state index contributed by atoms with van der Waals surface area (Å²) in [5.41, 5.74) is 2.38. The molecule has 0 saturated heterocycles. The number of nitrogens with one attached hydrogen (secondary N) is 2. The van der Waals surface area contributed by atoms with Gasteiger partial charge in [-0.2, -0.15) is 0 Å². The van der Waals surface area contributed by atoms with Crippen molar-refractivity contribution in [3.63, 3.8) is 0 Å². The van der Waals surface area contributed by atoms with Gasteiger partial charge in [-0.05, 0) is 44.1 Å². The normalized spacial score (nSPS) is 13.5. The molecule has 1 unspecified atom stereocenters. The Kier molecular flexibility index (Phi) is 11.2. The third kappa shape index (κ3) is 8.72. The molecule has 160 valence electrons. The van der Waals surface area contributed by atoms with E-state index in [4.69, 9.17) is 4.99 Å². The first kappa shape index (κ1) is 25.4. The van der Waals surface area contributed by atoms with Gasteiger partial charge in [0.15, 0.2) is 5.96 Å². The quantitative estimate of drug-likeness (QED) is 0.274. The average molecular weight is 510 g/mol. The molecule has 0 spiro atoms. The van der Waals surface area contributed by atoms with Crippen molar-refractivity contribution in [1.29, 1.82) is 0 Å². The Balaban J connectivity index is 0.00000420. The fraction of sp³-hybridized carbons (Fsp3) is 0.435. The zero-order valence-electron chi connectivity index (χ0n) is 18.0. The van der Waals surface area contributed by atoms with Gasteiger partial charge in [0, 0.05) is 13.1 Å². The van der Waals surface area contributed by atoms with E-state index >= 15 is 0 Å². The number of aliphatic imine (C=N–C) groups is 1. The number of halogens is 1. The van der Waals surface area contributed by atoms with Crippen LogP contribution >= 0.6 is 24.0 Å². The number of guanidine groups is 1. The number of nitrogens with zero attached hydrogens (tertiary/aromatic N) is 2. The van der Waals surface area contributed by atoms with E-state index in [0.717, 1.165) is 25.2 Å². The van der Waals surface area contributed by atoms with Crippen LogP contribution in [0.5, 0.6) is 0 Å². The van der Waals surface area contributed by atoms with E-state index in [2.05, 4.69) is 53.8 Å². The van der Waals surface area contributed by atoms with E-state index in [1.807, 2.05) is 44.2 Å². The Labute approximate surface area is 192 Å². The molecule has 0 aliphatic carbocycles. The second-order valence-corrected chi connectivity index (χ2v) is 7.34. The molecule has 0 radical (unpaired) electrons. The van der Waals surface area contributed by atoms with E-state index in [9.17, 15) is 5.11 Å². The van der Waals surface area contributed by atoms with Crippen molar-refractivity contribution in [2.45, 2.75) is 39.5 Å². The van der Waals surface area contributed by atoms with Gasteiger partial charge in [0.2, 0.25) is 0 Å².